The Hall–Kier alpha value is -1.10. The van der Waals surface area contributed by atoms with E-state index in [1.165, 1.54) is 0 Å². The molecule has 0 aliphatic carbocycles. The summed E-state index contributed by atoms with van der Waals surface area (Å²) in [6.07, 6.45) is 2.10. The maximum atomic E-state index is 12.0. The van der Waals surface area contributed by atoms with E-state index in [0.29, 0.717) is 19.5 Å². The largest absolute Gasteiger partial charge is 0.341 e. The van der Waals surface area contributed by atoms with Crippen molar-refractivity contribution in [1.29, 1.82) is 0 Å². The van der Waals surface area contributed by atoms with E-state index in [0.717, 1.165) is 25.9 Å². The summed E-state index contributed by atoms with van der Waals surface area (Å²) in [5, 5.41) is 0. The third-order valence-electron chi connectivity index (χ3n) is 3.47. The Kier molecular flexibility index (Phi) is 6.28. The second-order valence-electron chi connectivity index (χ2n) is 5.73. The van der Waals surface area contributed by atoms with Crippen LogP contribution in [0, 0.1) is 5.92 Å². The molecular weight excluding hydrogens is 242 g/mol. The molecule has 2 amide bonds. The van der Waals surface area contributed by atoms with Crippen molar-refractivity contribution in [2.75, 3.05) is 26.2 Å². The van der Waals surface area contributed by atoms with Crippen molar-refractivity contribution >= 4 is 11.8 Å². The van der Waals surface area contributed by atoms with E-state index in [1.807, 2.05) is 30.6 Å². The van der Waals surface area contributed by atoms with E-state index in [-0.39, 0.29) is 23.8 Å². The van der Waals surface area contributed by atoms with Gasteiger partial charge in [0.15, 0.2) is 0 Å². The molecule has 2 N–H and O–H groups in total. The number of hydrogen-bond donors (Lipinski definition) is 1. The molecule has 19 heavy (non-hydrogen) atoms. The summed E-state index contributed by atoms with van der Waals surface area (Å²) in [7, 11) is 0. The first-order chi connectivity index (χ1) is 8.91. The van der Waals surface area contributed by atoms with Crippen molar-refractivity contribution in [3.8, 4) is 0 Å². The molecule has 0 aromatic rings. The molecule has 1 heterocycles. The lowest BCUT2D eigenvalue weighted by atomic mass is 10.2. The maximum absolute atomic E-state index is 12.0. The summed E-state index contributed by atoms with van der Waals surface area (Å²) >= 11 is 0. The van der Waals surface area contributed by atoms with Gasteiger partial charge in [0.25, 0.3) is 0 Å². The molecule has 1 atom stereocenters. The van der Waals surface area contributed by atoms with Crippen LogP contribution in [-0.2, 0) is 9.59 Å². The van der Waals surface area contributed by atoms with Crippen LogP contribution in [0.5, 0.6) is 0 Å². The van der Waals surface area contributed by atoms with Gasteiger partial charge in [-0.1, -0.05) is 13.8 Å². The van der Waals surface area contributed by atoms with E-state index in [2.05, 4.69) is 0 Å². The molecule has 0 aromatic carbocycles. The van der Waals surface area contributed by atoms with Crippen molar-refractivity contribution in [1.82, 2.24) is 9.80 Å². The molecule has 5 heteroatoms. The van der Waals surface area contributed by atoms with Crippen molar-refractivity contribution in [3.05, 3.63) is 0 Å². The third-order valence-corrected chi connectivity index (χ3v) is 3.47. The third kappa shape index (κ3) is 5.19. The second-order valence-corrected chi connectivity index (χ2v) is 5.73. The Balaban J connectivity index is 2.45. The normalized spacial score (nSPS) is 18.4. The SMILES string of the molecule is CC(N)CCC(=O)N1CCCN(C(=O)C(C)C)CC1. The summed E-state index contributed by atoms with van der Waals surface area (Å²) in [4.78, 5) is 27.7. The summed E-state index contributed by atoms with van der Waals surface area (Å²) in [6.45, 7) is 8.56. The minimum Gasteiger partial charge on any atom is -0.341 e. The van der Waals surface area contributed by atoms with Crippen molar-refractivity contribution in [3.63, 3.8) is 0 Å². The van der Waals surface area contributed by atoms with Gasteiger partial charge in [-0.05, 0) is 19.8 Å². The van der Waals surface area contributed by atoms with E-state index in [9.17, 15) is 9.59 Å². The highest BCUT2D eigenvalue weighted by molar-refractivity contribution is 5.79. The zero-order valence-electron chi connectivity index (χ0n) is 12.4. The first kappa shape index (κ1) is 16.0. The maximum Gasteiger partial charge on any atom is 0.225 e. The number of hydrogen-bond acceptors (Lipinski definition) is 3. The highest BCUT2D eigenvalue weighted by atomic mass is 16.2. The van der Waals surface area contributed by atoms with Gasteiger partial charge in [-0.25, -0.2) is 0 Å². The van der Waals surface area contributed by atoms with Crippen molar-refractivity contribution in [2.24, 2.45) is 11.7 Å². The minimum absolute atomic E-state index is 0.0281. The topological polar surface area (TPSA) is 66.6 Å². The fourth-order valence-corrected chi connectivity index (χ4v) is 2.26. The number of rotatable bonds is 4. The lowest BCUT2D eigenvalue weighted by Gasteiger charge is -2.23. The molecule has 0 saturated carbocycles. The predicted octanol–water partition coefficient (Wildman–Crippen LogP) is 0.831. The summed E-state index contributed by atoms with van der Waals surface area (Å²) in [6, 6.07) is 0.0648. The Labute approximate surface area is 116 Å². The Morgan fingerprint density at radius 2 is 1.63 bits per heavy atom. The van der Waals surface area contributed by atoms with E-state index >= 15 is 0 Å². The van der Waals surface area contributed by atoms with E-state index in [4.69, 9.17) is 5.73 Å². The molecule has 1 aliphatic rings. The summed E-state index contributed by atoms with van der Waals surface area (Å²) < 4.78 is 0. The standard InChI is InChI=1S/C14H27N3O2/c1-11(2)14(19)17-8-4-7-16(9-10-17)13(18)6-5-12(3)15/h11-12H,4-10,15H2,1-3H3. The molecule has 0 spiro atoms. The van der Waals surface area contributed by atoms with Crippen LogP contribution in [0.4, 0.5) is 0 Å². The number of amides is 2. The molecule has 1 rings (SSSR count). The quantitative estimate of drug-likeness (QED) is 0.822. The first-order valence-corrected chi connectivity index (χ1v) is 7.24. The lowest BCUT2D eigenvalue weighted by Crippen LogP contribution is -2.39. The van der Waals surface area contributed by atoms with Crippen LogP contribution in [0.1, 0.15) is 40.0 Å². The molecule has 1 aliphatic heterocycles. The van der Waals surface area contributed by atoms with Gasteiger partial charge in [-0.2, -0.15) is 0 Å². The molecule has 0 radical (unpaired) electrons. The monoisotopic (exact) mass is 269 g/mol. The number of carbonyl (C=O) groups is 2. The summed E-state index contributed by atoms with van der Waals surface area (Å²) in [5.74, 6) is 0.376. The molecule has 0 bridgehead atoms. The molecule has 0 aromatic heterocycles. The van der Waals surface area contributed by atoms with Gasteiger partial charge >= 0.3 is 0 Å². The zero-order valence-corrected chi connectivity index (χ0v) is 12.4. The van der Waals surface area contributed by atoms with Crippen LogP contribution < -0.4 is 5.73 Å². The van der Waals surface area contributed by atoms with Crippen LogP contribution in [0.2, 0.25) is 0 Å². The zero-order chi connectivity index (χ0) is 14.4. The number of nitrogens with zero attached hydrogens (tertiary/aromatic N) is 2. The highest BCUT2D eigenvalue weighted by Gasteiger charge is 2.23. The van der Waals surface area contributed by atoms with Crippen molar-refractivity contribution < 1.29 is 9.59 Å². The molecule has 110 valence electrons. The molecule has 1 fully saturated rings. The average Bonchev–Trinajstić information content (AvgIpc) is 2.60. The van der Waals surface area contributed by atoms with Gasteiger partial charge in [0.2, 0.25) is 11.8 Å². The van der Waals surface area contributed by atoms with Gasteiger partial charge in [-0.15, -0.1) is 0 Å². The van der Waals surface area contributed by atoms with Gasteiger partial charge in [0.05, 0.1) is 0 Å². The van der Waals surface area contributed by atoms with Crippen LogP contribution in [-0.4, -0.2) is 53.8 Å². The summed E-state index contributed by atoms with van der Waals surface area (Å²) in [5.41, 5.74) is 5.67. The lowest BCUT2D eigenvalue weighted by molar-refractivity contribution is -0.135. The molecular formula is C14H27N3O2. The Morgan fingerprint density at radius 1 is 1.05 bits per heavy atom. The predicted molar refractivity (Wildman–Crippen MR) is 75.5 cm³/mol. The molecule has 1 saturated heterocycles. The molecule has 5 nitrogen and oxygen atoms in total. The van der Waals surface area contributed by atoms with Gasteiger partial charge in [0.1, 0.15) is 0 Å². The smallest absolute Gasteiger partial charge is 0.225 e. The fraction of sp³-hybridized carbons (Fsp3) is 0.857. The van der Waals surface area contributed by atoms with Gasteiger partial charge in [-0.3, -0.25) is 9.59 Å². The molecule has 1 unspecified atom stereocenters. The van der Waals surface area contributed by atoms with Crippen LogP contribution in [0.15, 0.2) is 0 Å². The number of carbonyl (C=O) groups excluding carboxylic acids is 2. The Bertz CT molecular complexity index is 316. The van der Waals surface area contributed by atoms with Gasteiger partial charge < -0.3 is 15.5 Å². The van der Waals surface area contributed by atoms with E-state index < -0.39 is 0 Å². The Morgan fingerprint density at radius 3 is 2.21 bits per heavy atom. The fourth-order valence-electron chi connectivity index (χ4n) is 2.26. The second kappa shape index (κ2) is 7.48. The van der Waals surface area contributed by atoms with Gasteiger partial charge in [0, 0.05) is 44.6 Å². The first-order valence-electron chi connectivity index (χ1n) is 7.24. The van der Waals surface area contributed by atoms with Crippen molar-refractivity contribution in [2.45, 2.75) is 46.1 Å². The number of nitrogens with two attached hydrogens (primary N) is 1. The van der Waals surface area contributed by atoms with Crippen LogP contribution in [0.25, 0.3) is 0 Å². The minimum atomic E-state index is 0.0281. The van der Waals surface area contributed by atoms with Crippen LogP contribution in [0.3, 0.4) is 0 Å². The van der Waals surface area contributed by atoms with E-state index in [1.54, 1.807) is 0 Å². The average molecular weight is 269 g/mol. The van der Waals surface area contributed by atoms with Crippen LogP contribution >= 0.6 is 0 Å². The highest BCUT2D eigenvalue weighted by Crippen LogP contribution is 2.09.